The molecule has 0 amide bonds. The van der Waals surface area contributed by atoms with Gasteiger partial charge in [-0.15, -0.1) is 0 Å². The molecule has 0 atom stereocenters. The molecule has 0 aliphatic rings. The van der Waals surface area contributed by atoms with Crippen molar-refractivity contribution in [2.75, 3.05) is 11.8 Å². The van der Waals surface area contributed by atoms with Crippen molar-refractivity contribution in [1.82, 2.24) is 0 Å². The van der Waals surface area contributed by atoms with E-state index in [0.29, 0.717) is 4.47 Å². The normalized spacial score (nSPS) is 11.1. The Balaban J connectivity index is 2.39. The first kappa shape index (κ1) is 17.8. The predicted molar refractivity (Wildman–Crippen MR) is 92.5 cm³/mol. The number of rotatable bonds is 4. The van der Waals surface area contributed by atoms with Crippen molar-refractivity contribution in [2.24, 2.45) is 0 Å². The van der Waals surface area contributed by atoms with Crippen LogP contribution in [0.25, 0.3) is 0 Å². The van der Waals surface area contributed by atoms with E-state index in [1.54, 1.807) is 12.1 Å². The molecule has 5 nitrogen and oxygen atoms in total. The van der Waals surface area contributed by atoms with E-state index in [0.717, 1.165) is 5.56 Å². The summed E-state index contributed by atoms with van der Waals surface area (Å²) in [5, 5.41) is 0.177. The summed E-state index contributed by atoms with van der Waals surface area (Å²) in [5.41, 5.74) is 1.22. The Morgan fingerprint density at radius 2 is 1.91 bits per heavy atom. The molecule has 2 aromatic rings. The summed E-state index contributed by atoms with van der Waals surface area (Å²) in [6.07, 6.45) is 0. The van der Waals surface area contributed by atoms with Crippen LogP contribution >= 0.6 is 27.5 Å². The van der Waals surface area contributed by atoms with Crippen LogP contribution in [0.2, 0.25) is 5.02 Å². The minimum absolute atomic E-state index is 0.0809. The van der Waals surface area contributed by atoms with Gasteiger partial charge in [-0.1, -0.05) is 17.7 Å². The number of hydrogen-bond donors (Lipinski definition) is 1. The Morgan fingerprint density at radius 3 is 2.52 bits per heavy atom. The fraction of sp³-hybridized carbons (Fsp3) is 0.133. The van der Waals surface area contributed by atoms with E-state index in [1.807, 2.05) is 6.92 Å². The number of halogens is 2. The molecule has 0 radical (unpaired) electrons. The number of carbonyl (C=O) groups excluding carboxylic acids is 1. The van der Waals surface area contributed by atoms with Gasteiger partial charge in [-0.3, -0.25) is 4.72 Å². The van der Waals surface area contributed by atoms with Gasteiger partial charge in [-0.25, -0.2) is 13.2 Å². The Labute approximate surface area is 147 Å². The molecule has 2 aromatic carbocycles. The van der Waals surface area contributed by atoms with Crippen molar-refractivity contribution in [3.05, 3.63) is 57.0 Å². The van der Waals surface area contributed by atoms with Gasteiger partial charge in [-0.2, -0.15) is 0 Å². The fourth-order valence-corrected chi connectivity index (χ4v) is 4.33. The standard InChI is InChI=1S/C15H13BrClNO4S/c1-9-3-6-14(12(16)7-9)23(20,21)18-10-4-5-13(17)11(8-10)15(19)22-2/h3-8,18H,1-2H3. The summed E-state index contributed by atoms with van der Waals surface area (Å²) in [7, 11) is -2.59. The maximum atomic E-state index is 12.5. The Morgan fingerprint density at radius 1 is 1.22 bits per heavy atom. The largest absolute Gasteiger partial charge is 0.465 e. The van der Waals surface area contributed by atoms with Gasteiger partial charge in [0.25, 0.3) is 10.0 Å². The van der Waals surface area contributed by atoms with Crippen LogP contribution in [-0.4, -0.2) is 21.5 Å². The molecule has 2 rings (SSSR count). The monoisotopic (exact) mass is 417 g/mol. The highest BCUT2D eigenvalue weighted by Gasteiger charge is 2.19. The van der Waals surface area contributed by atoms with Crippen molar-refractivity contribution in [3.63, 3.8) is 0 Å². The topological polar surface area (TPSA) is 72.5 Å². The third kappa shape index (κ3) is 4.04. The van der Waals surface area contributed by atoms with E-state index >= 15 is 0 Å². The Hall–Kier alpha value is -1.57. The number of nitrogens with one attached hydrogen (secondary N) is 1. The molecule has 0 heterocycles. The Kier molecular flexibility index (Phi) is 5.33. The van der Waals surface area contributed by atoms with E-state index in [2.05, 4.69) is 25.4 Å². The lowest BCUT2D eigenvalue weighted by atomic mass is 10.2. The zero-order valence-electron chi connectivity index (χ0n) is 12.3. The fourth-order valence-electron chi connectivity index (χ4n) is 1.89. The summed E-state index contributed by atoms with van der Waals surface area (Å²) in [4.78, 5) is 11.7. The number of anilines is 1. The third-order valence-corrected chi connectivity index (χ3v) is 5.69. The first-order chi connectivity index (χ1) is 10.7. The second-order valence-corrected chi connectivity index (χ2v) is 7.64. The summed E-state index contributed by atoms with van der Waals surface area (Å²) in [6.45, 7) is 1.86. The molecule has 122 valence electrons. The number of esters is 1. The number of aryl methyl sites for hydroxylation is 1. The van der Waals surface area contributed by atoms with Crippen molar-refractivity contribution < 1.29 is 17.9 Å². The Bertz CT molecular complexity index is 868. The summed E-state index contributed by atoms with van der Waals surface area (Å²) in [6, 6.07) is 9.12. The van der Waals surface area contributed by atoms with Crippen LogP contribution in [0.15, 0.2) is 45.8 Å². The molecule has 8 heteroatoms. The summed E-state index contributed by atoms with van der Waals surface area (Å²) >= 11 is 9.16. The van der Waals surface area contributed by atoms with Crippen LogP contribution in [0.4, 0.5) is 5.69 Å². The van der Waals surface area contributed by atoms with E-state index in [-0.39, 0.29) is 21.2 Å². The van der Waals surface area contributed by atoms with Crippen LogP contribution in [-0.2, 0) is 14.8 Å². The molecule has 0 bridgehead atoms. The van der Waals surface area contributed by atoms with Crippen molar-refractivity contribution >= 4 is 49.2 Å². The predicted octanol–water partition coefficient (Wildman–Crippen LogP) is 4.00. The van der Waals surface area contributed by atoms with Crippen molar-refractivity contribution in [3.8, 4) is 0 Å². The number of sulfonamides is 1. The van der Waals surface area contributed by atoms with Gasteiger partial charge < -0.3 is 4.74 Å². The lowest BCUT2D eigenvalue weighted by Gasteiger charge is -2.11. The smallest absolute Gasteiger partial charge is 0.339 e. The molecule has 0 fully saturated rings. The molecular formula is C15H13BrClNO4S. The number of benzene rings is 2. The van der Waals surface area contributed by atoms with E-state index < -0.39 is 16.0 Å². The van der Waals surface area contributed by atoms with Gasteiger partial charge in [0.1, 0.15) is 4.90 Å². The summed E-state index contributed by atoms with van der Waals surface area (Å²) in [5.74, 6) is -0.646. The average molecular weight is 419 g/mol. The quantitative estimate of drug-likeness (QED) is 0.762. The minimum atomic E-state index is -3.81. The lowest BCUT2D eigenvalue weighted by Crippen LogP contribution is -2.14. The highest BCUT2D eigenvalue weighted by atomic mass is 79.9. The number of methoxy groups -OCH3 is 1. The van der Waals surface area contributed by atoms with Crippen molar-refractivity contribution in [2.45, 2.75) is 11.8 Å². The number of carbonyl (C=O) groups is 1. The van der Waals surface area contributed by atoms with Crippen LogP contribution in [0.3, 0.4) is 0 Å². The lowest BCUT2D eigenvalue weighted by molar-refractivity contribution is 0.0601. The maximum absolute atomic E-state index is 12.5. The SMILES string of the molecule is COC(=O)c1cc(NS(=O)(=O)c2ccc(C)cc2Br)ccc1Cl. The maximum Gasteiger partial charge on any atom is 0.339 e. The zero-order chi connectivity index (χ0) is 17.2. The molecule has 0 aliphatic carbocycles. The average Bonchev–Trinajstić information content (AvgIpc) is 2.47. The van der Waals surface area contributed by atoms with Gasteiger partial charge in [-0.05, 0) is 58.7 Å². The second-order valence-electron chi connectivity index (χ2n) is 4.73. The molecular weight excluding hydrogens is 406 g/mol. The number of hydrogen-bond acceptors (Lipinski definition) is 4. The van der Waals surface area contributed by atoms with Gasteiger partial charge in [0.15, 0.2) is 0 Å². The van der Waals surface area contributed by atoms with E-state index in [9.17, 15) is 13.2 Å². The first-order valence-electron chi connectivity index (χ1n) is 6.41. The number of ether oxygens (including phenoxy) is 1. The molecule has 0 saturated heterocycles. The highest BCUT2D eigenvalue weighted by Crippen LogP contribution is 2.27. The van der Waals surface area contributed by atoms with Crippen LogP contribution in [0, 0.1) is 6.92 Å². The van der Waals surface area contributed by atoms with Gasteiger partial charge in [0.05, 0.1) is 17.7 Å². The molecule has 0 aromatic heterocycles. The third-order valence-electron chi connectivity index (χ3n) is 3.00. The van der Waals surface area contributed by atoms with Gasteiger partial charge >= 0.3 is 5.97 Å². The summed E-state index contributed by atoms with van der Waals surface area (Å²) < 4.78 is 32.4. The van der Waals surface area contributed by atoms with Crippen LogP contribution in [0.5, 0.6) is 0 Å². The molecule has 0 aliphatic heterocycles. The molecule has 0 spiro atoms. The molecule has 23 heavy (non-hydrogen) atoms. The van der Waals surface area contributed by atoms with Gasteiger partial charge in [0, 0.05) is 10.2 Å². The van der Waals surface area contributed by atoms with E-state index in [1.165, 1.54) is 31.4 Å². The molecule has 0 unspecified atom stereocenters. The van der Waals surface area contributed by atoms with Crippen molar-refractivity contribution in [1.29, 1.82) is 0 Å². The second kappa shape index (κ2) is 6.90. The minimum Gasteiger partial charge on any atom is -0.465 e. The van der Waals surface area contributed by atoms with E-state index in [4.69, 9.17) is 11.6 Å². The van der Waals surface area contributed by atoms with Gasteiger partial charge in [0.2, 0.25) is 0 Å². The van der Waals surface area contributed by atoms with Crippen LogP contribution < -0.4 is 4.72 Å². The zero-order valence-corrected chi connectivity index (χ0v) is 15.4. The first-order valence-corrected chi connectivity index (χ1v) is 9.07. The molecule has 0 saturated carbocycles. The highest BCUT2D eigenvalue weighted by molar-refractivity contribution is 9.10. The van der Waals surface area contributed by atoms with Crippen LogP contribution in [0.1, 0.15) is 15.9 Å². The molecule has 1 N–H and O–H groups in total.